The van der Waals surface area contributed by atoms with Gasteiger partial charge in [0.25, 0.3) is 0 Å². The molecule has 1 aliphatic heterocycles. The summed E-state index contributed by atoms with van der Waals surface area (Å²) in [5.74, 6) is 0. The first-order valence-electron chi connectivity index (χ1n) is 5.37. The SMILES string of the molecule is CC1Cc2nc3ccccn3c2C(C)O1. The average molecular weight is 202 g/mol. The highest BCUT2D eigenvalue weighted by Gasteiger charge is 2.26. The molecule has 0 saturated heterocycles. The Kier molecular flexibility index (Phi) is 1.83. The van der Waals surface area contributed by atoms with Crippen molar-refractivity contribution in [2.45, 2.75) is 32.5 Å². The Bertz CT molecular complexity index is 503. The molecule has 0 radical (unpaired) electrons. The lowest BCUT2D eigenvalue weighted by atomic mass is 10.1. The molecular weight excluding hydrogens is 188 g/mol. The van der Waals surface area contributed by atoms with Crippen LogP contribution in [0.25, 0.3) is 5.65 Å². The Morgan fingerprint density at radius 1 is 1.40 bits per heavy atom. The molecule has 0 aromatic carbocycles. The molecule has 0 N–H and O–H groups in total. The number of nitrogens with zero attached hydrogens (tertiary/aromatic N) is 2. The van der Waals surface area contributed by atoms with Crippen LogP contribution in [0.4, 0.5) is 0 Å². The highest BCUT2D eigenvalue weighted by atomic mass is 16.5. The normalized spacial score (nSPS) is 25.5. The third-order valence-corrected chi connectivity index (χ3v) is 2.95. The second-order valence-electron chi connectivity index (χ2n) is 4.17. The van der Waals surface area contributed by atoms with Crippen LogP contribution in [0.2, 0.25) is 0 Å². The quantitative estimate of drug-likeness (QED) is 0.655. The molecule has 0 saturated carbocycles. The van der Waals surface area contributed by atoms with E-state index in [4.69, 9.17) is 4.74 Å². The molecule has 3 heteroatoms. The lowest BCUT2D eigenvalue weighted by Gasteiger charge is -2.25. The van der Waals surface area contributed by atoms with Crippen LogP contribution < -0.4 is 0 Å². The summed E-state index contributed by atoms with van der Waals surface area (Å²) in [5.41, 5.74) is 3.42. The minimum atomic E-state index is 0.140. The van der Waals surface area contributed by atoms with E-state index >= 15 is 0 Å². The zero-order valence-corrected chi connectivity index (χ0v) is 8.97. The van der Waals surface area contributed by atoms with E-state index in [2.05, 4.69) is 29.4 Å². The largest absolute Gasteiger partial charge is 0.369 e. The summed E-state index contributed by atoms with van der Waals surface area (Å²) in [5, 5.41) is 0. The van der Waals surface area contributed by atoms with E-state index < -0.39 is 0 Å². The topological polar surface area (TPSA) is 26.5 Å². The maximum atomic E-state index is 5.82. The minimum absolute atomic E-state index is 0.140. The second-order valence-corrected chi connectivity index (χ2v) is 4.17. The zero-order chi connectivity index (χ0) is 10.4. The molecule has 0 bridgehead atoms. The van der Waals surface area contributed by atoms with Crippen molar-refractivity contribution in [1.82, 2.24) is 9.38 Å². The van der Waals surface area contributed by atoms with Gasteiger partial charge in [0, 0.05) is 12.6 Å². The third kappa shape index (κ3) is 1.27. The Hall–Kier alpha value is -1.35. The number of rotatable bonds is 0. The van der Waals surface area contributed by atoms with Crippen LogP contribution in [-0.4, -0.2) is 15.5 Å². The maximum Gasteiger partial charge on any atom is 0.137 e. The summed E-state index contributed by atoms with van der Waals surface area (Å²) in [6, 6.07) is 6.08. The molecule has 1 aliphatic rings. The first kappa shape index (κ1) is 8.92. The molecule has 15 heavy (non-hydrogen) atoms. The van der Waals surface area contributed by atoms with Gasteiger partial charge in [-0.25, -0.2) is 4.98 Å². The molecule has 2 unspecified atom stereocenters. The van der Waals surface area contributed by atoms with Crippen LogP contribution in [0.3, 0.4) is 0 Å². The monoisotopic (exact) mass is 202 g/mol. The lowest BCUT2D eigenvalue weighted by molar-refractivity contribution is -0.00832. The number of fused-ring (bicyclic) bond motifs is 3. The van der Waals surface area contributed by atoms with Crippen molar-refractivity contribution in [3.8, 4) is 0 Å². The van der Waals surface area contributed by atoms with Gasteiger partial charge in [-0.05, 0) is 26.0 Å². The van der Waals surface area contributed by atoms with Crippen molar-refractivity contribution in [1.29, 1.82) is 0 Å². The molecule has 3 rings (SSSR count). The van der Waals surface area contributed by atoms with E-state index in [1.165, 1.54) is 11.4 Å². The van der Waals surface area contributed by atoms with E-state index in [-0.39, 0.29) is 12.2 Å². The van der Waals surface area contributed by atoms with Crippen molar-refractivity contribution in [2.24, 2.45) is 0 Å². The molecule has 2 aromatic heterocycles. The van der Waals surface area contributed by atoms with Crippen LogP contribution in [0.5, 0.6) is 0 Å². The van der Waals surface area contributed by atoms with Crippen molar-refractivity contribution >= 4 is 5.65 Å². The van der Waals surface area contributed by atoms with Gasteiger partial charge in [-0.1, -0.05) is 6.07 Å². The van der Waals surface area contributed by atoms with Crippen molar-refractivity contribution < 1.29 is 4.74 Å². The van der Waals surface area contributed by atoms with E-state index in [1.54, 1.807) is 0 Å². The molecule has 3 nitrogen and oxygen atoms in total. The van der Waals surface area contributed by atoms with Crippen LogP contribution >= 0.6 is 0 Å². The number of aromatic nitrogens is 2. The molecule has 2 aromatic rings. The highest BCUT2D eigenvalue weighted by Crippen LogP contribution is 2.30. The van der Waals surface area contributed by atoms with Crippen molar-refractivity contribution in [2.75, 3.05) is 0 Å². The summed E-state index contributed by atoms with van der Waals surface area (Å²) in [6.07, 6.45) is 3.39. The Morgan fingerprint density at radius 2 is 2.27 bits per heavy atom. The fraction of sp³-hybridized carbons (Fsp3) is 0.417. The predicted molar refractivity (Wildman–Crippen MR) is 57.9 cm³/mol. The first-order valence-corrected chi connectivity index (χ1v) is 5.37. The van der Waals surface area contributed by atoms with Crippen LogP contribution in [0, 0.1) is 0 Å². The van der Waals surface area contributed by atoms with Gasteiger partial charge < -0.3 is 9.14 Å². The Morgan fingerprint density at radius 3 is 3.13 bits per heavy atom. The molecular formula is C12H14N2O. The van der Waals surface area contributed by atoms with Gasteiger partial charge in [0.05, 0.1) is 23.6 Å². The number of hydrogen-bond acceptors (Lipinski definition) is 2. The van der Waals surface area contributed by atoms with Gasteiger partial charge in [-0.3, -0.25) is 0 Å². The predicted octanol–water partition coefficient (Wildman–Crippen LogP) is 2.36. The van der Waals surface area contributed by atoms with Crippen LogP contribution in [0.15, 0.2) is 24.4 Å². The number of hydrogen-bond donors (Lipinski definition) is 0. The van der Waals surface area contributed by atoms with Gasteiger partial charge in [-0.15, -0.1) is 0 Å². The first-order chi connectivity index (χ1) is 7.25. The van der Waals surface area contributed by atoms with Crippen LogP contribution in [-0.2, 0) is 11.2 Å². The van der Waals surface area contributed by atoms with Gasteiger partial charge >= 0.3 is 0 Å². The third-order valence-electron chi connectivity index (χ3n) is 2.95. The summed E-state index contributed by atoms with van der Waals surface area (Å²) in [7, 11) is 0. The van der Waals surface area contributed by atoms with E-state index in [0.717, 1.165) is 12.1 Å². The molecule has 78 valence electrons. The summed E-state index contributed by atoms with van der Waals surface area (Å²) in [4.78, 5) is 4.64. The van der Waals surface area contributed by atoms with E-state index in [1.807, 2.05) is 18.2 Å². The maximum absolute atomic E-state index is 5.82. The fourth-order valence-electron chi connectivity index (χ4n) is 2.38. The molecule has 0 spiro atoms. The van der Waals surface area contributed by atoms with Gasteiger partial charge in [-0.2, -0.15) is 0 Å². The number of pyridine rings is 1. The van der Waals surface area contributed by atoms with E-state index in [9.17, 15) is 0 Å². The molecule has 0 amide bonds. The second kappa shape index (κ2) is 3.07. The summed E-state index contributed by atoms with van der Waals surface area (Å²) in [6.45, 7) is 4.19. The number of imidazole rings is 1. The van der Waals surface area contributed by atoms with Gasteiger partial charge in [0.1, 0.15) is 5.65 Å². The molecule has 0 fully saturated rings. The molecule has 3 heterocycles. The Balaban J connectivity index is 2.27. The van der Waals surface area contributed by atoms with Crippen molar-refractivity contribution in [3.05, 3.63) is 35.8 Å². The van der Waals surface area contributed by atoms with Crippen molar-refractivity contribution in [3.63, 3.8) is 0 Å². The van der Waals surface area contributed by atoms with Crippen LogP contribution in [0.1, 0.15) is 31.3 Å². The highest BCUT2D eigenvalue weighted by molar-refractivity contribution is 5.44. The fourth-order valence-corrected chi connectivity index (χ4v) is 2.38. The molecule has 2 atom stereocenters. The zero-order valence-electron chi connectivity index (χ0n) is 8.97. The molecule has 0 aliphatic carbocycles. The number of ether oxygens (including phenoxy) is 1. The average Bonchev–Trinajstić information content (AvgIpc) is 2.54. The van der Waals surface area contributed by atoms with Gasteiger partial charge in [0.15, 0.2) is 0 Å². The summed E-state index contributed by atoms with van der Waals surface area (Å²) < 4.78 is 7.95. The lowest BCUT2D eigenvalue weighted by Crippen LogP contribution is -2.22. The summed E-state index contributed by atoms with van der Waals surface area (Å²) >= 11 is 0. The smallest absolute Gasteiger partial charge is 0.137 e. The minimum Gasteiger partial charge on any atom is -0.369 e. The van der Waals surface area contributed by atoms with E-state index in [0.29, 0.717) is 0 Å². The standard InChI is InChI=1S/C12H14N2O/c1-8-7-10-12(9(2)15-8)14-6-4-3-5-11(14)13-10/h3-6,8-9H,7H2,1-2H3. The Labute approximate surface area is 88.7 Å². The van der Waals surface area contributed by atoms with Gasteiger partial charge in [0.2, 0.25) is 0 Å².